The lowest BCUT2D eigenvalue weighted by Crippen LogP contribution is -2.16. The van der Waals surface area contributed by atoms with Gasteiger partial charge >= 0.3 is 6.18 Å². The second kappa shape index (κ2) is 5.27. The molecule has 0 radical (unpaired) electrons. The molecule has 0 saturated heterocycles. The van der Waals surface area contributed by atoms with Gasteiger partial charge in [0, 0.05) is 0 Å². The minimum absolute atomic E-state index is 0.247. The van der Waals surface area contributed by atoms with Crippen LogP contribution in [0, 0.1) is 0 Å². The van der Waals surface area contributed by atoms with Gasteiger partial charge in [-0.1, -0.05) is 27.5 Å². The average molecular weight is 332 g/mol. The summed E-state index contributed by atoms with van der Waals surface area (Å²) >= 11 is 8.46. The summed E-state index contributed by atoms with van der Waals surface area (Å²) < 4.78 is 43.2. The van der Waals surface area contributed by atoms with Gasteiger partial charge in [-0.3, -0.25) is 4.79 Å². The predicted molar refractivity (Wildman–Crippen MR) is 61.1 cm³/mol. The second-order valence-corrected chi connectivity index (χ2v) is 4.02. The normalized spacial score (nSPS) is 11.4. The number of rotatable bonds is 3. The van der Waals surface area contributed by atoms with Crippen LogP contribution in [0.5, 0.6) is 5.75 Å². The van der Waals surface area contributed by atoms with Crippen LogP contribution in [-0.2, 0) is 6.18 Å². The number of ketones is 1. The molecule has 0 aromatic heterocycles. The van der Waals surface area contributed by atoms with Crippen LogP contribution < -0.4 is 4.74 Å². The number of ether oxygens (including phenoxy) is 1. The smallest absolute Gasteiger partial charge is 0.420 e. The first-order chi connectivity index (χ1) is 7.82. The minimum atomic E-state index is -4.70. The molecule has 0 atom stereocenters. The van der Waals surface area contributed by atoms with E-state index in [0.717, 1.165) is 13.2 Å². The van der Waals surface area contributed by atoms with Crippen LogP contribution in [0.15, 0.2) is 12.1 Å². The van der Waals surface area contributed by atoms with Crippen molar-refractivity contribution >= 4 is 33.3 Å². The van der Waals surface area contributed by atoms with E-state index in [2.05, 4.69) is 20.7 Å². The zero-order chi connectivity index (χ0) is 13.2. The maximum absolute atomic E-state index is 12.9. The van der Waals surface area contributed by atoms with Crippen LogP contribution >= 0.6 is 27.5 Å². The SMILES string of the molecule is COc1ccc(Cl)c(C(=O)CBr)c1C(F)(F)F. The zero-order valence-corrected chi connectivity index (χ0v) is 10.9. The zero-order valence-electron chi connectivity index (χ0n) is 8.57. The fourth-order valence-corrected chi connectivity index (χ4v) is 1.89. The number of carbonyl (C=O) groups excluding carboxylic acids is 1. The highest BCUT2D eigenvalue weighted by molar-refractivity contribution is 9.09. The number of Topliss-reactive ketones (excluding diaryl/α,β-unsaturated/α-hetero) is 1. The van der Waals surface area contributed by atoms with Crippen molar-refractivity contribution in [2.75, 3.05) is 12.4 Å². The van der Waals surface area contributed by atoms with Gasteiger partial charge in [-0.05, 0) is 12.1 Å². The molecule has 0 unspecified atom stereocenters. The molecule has 0 saturated carbocycles. The second-order valence-electron chi connectivity index (χ2n) is 3.05. The number of halogens is 5. The van der Waals surface area contributed by atoms with Gasteiger partial charge in [0.2, 0.25) is 0 Å². The summed E-state index contributed by atoms with van der Waals surface area (Å²) in [4.78, 5) is 11.5. The fourth-order valence-electron chi connectivity index (χ4n) is 1.35. The highest BCUT2D eigenvalue weighted by Crippen LogP contribution is 2.41. The van der Waals surface area contributed by atoms with E-state index in [9.17, 15) is 18.0 Å². The molecule has 0 heterocycles. The van der Waals surface area contributed by atoms with Crippen molar-refractivity contribution in [2.24, 2.45) is 0 Å². The van der Waals surface area contributed by atoms with Crippen molar-refractivity contribution in [1.29, 1.82) is 0 Å². The average Bonchev–Trinajstić information content (AvgIpc) is 2.26. The summed E-state index contributed by atoms with van der Waals surface area (Å²) in [5.74, 6) is -1.17. The third-order valence-corrected chi connectivity index (χ3v) is 2.84. The standard InChI is InChI=1S/C10H7BrClF3O2/c1-17-7-3-2-5(12)8(6(16)4-11)9(7)10(13,14)15/h2-3H,4H2,1H3. The van der Waals surface area contributed by atoms with Gasteiger partial charge in [-0.25, -0.2) is 0 Å². The molecular weight excluding hydrogens is 324 g/mol. The topological polar surface area (TPSA) is 26.3 Å². The number of benzene rings is 1. The van der Waals surface area contributed by atoms with Gasteiger partial charge < -0.3 is 4.74 Å². The van der Waals surface area contributed by atoms with Crippen LogP contribution in [0.1, 0.15) is 15.9 Å². The molecular formula is C10H7BrClF3O2. The molecule has 0 fully saturated rings. The van der Waals surface area contributed by atoms with Crippen molar-refractivity contribution < 1.29 is 22.7 Å². The molecule has 17 heavy (non-hydrogen) atoms. The summed E-state index contributed by atoms with van der Waals surface area (Å²) in [6, 6.07) is 2.28. The van der Waals surface area contributed by atoms with E-state index >= 15 is 0 Å². The van der Waals surface area contributed by atoms with Crippen molar-refractivity contribution in [2.45, 2.75) is 6.18 Å². The quantitative estimate of drug-likeness (QED) is 0.619. The molecule has 1 rings (SSSR count). The van der Waals surface area contributed by atoms with Gasteiger partial charge in [-0.2, -0.15) is 13.2 Å². The van der Waals surface area contributed by atoms with E-state index in [4.69, 9.17) is 11.6 Å². The lowest BCUT2D eigenvalue weighted by atomic mass is 10.0. The molecule has 0 aliphatic heterocycles. The summed E-state index contributed by atoms with van der Waals surface area (Å²) in [6.45, 7) is 0. The lowest BCUT2D eigenvalue weighted by Gasteiger charge is -2.16. The predicted octanol–water partition coefficient (Wildman–Crippen LogP) is 3.95. The van der Waals surface area contributed by atoms with Crippen molar-refractivity contribution in [3.05, 3.63) is 28.3 Å². The Kier molecular flexibility index (Phi) is 4.43. The van der Waals surface area contributed by atoms with E-state index in [1.54, 1.807) is 0 Å². The molecule has 0 aliphatic rings. The third-order valence-electron chi connectivity index (χ3n) is 2.02. The van der Waals surface area contributed by atoms with Crippen molar-refractivity contribution in [3.63, 3.8) is 0 Å². The first-order valence-corrected chi connectivity index (χ1v) is 5.85. The van der Waals surface area contributed by atoms with Crippen molar-refractivity contribution in [3.8, 4) is 5.75 Å². The molecule has 0 spiro atoms. The number of alkyl halides is 4. The van der Waals surface area contributed by atoms with Gasteiger partial charge in [0.1, 0.15) is 11.3 Å². The van der Waals surface area contributed by atoms with Crippen molar-refractivity contribution in [1.82, 2.24) is 0 Å². The van der Waals surface area contributed by atoms with Crippen LogP contribution in [-0.4, -0.2) is 18.2 Å². The highest BCUT2D eigenvalue weighted by atomic mass is 79.9. The van der Waals surface area contributed by atoms with E-state index in [0.29, 0.717) is 0 Å². The Morgan fingerprint density at radius 1 is 1.47 bits per heavy atom. The molecule has 0 aliphatic carbocycles. The number of methoxy groups -OCH3 is 1. The van der Waals surface area contributed by atoms with Gasteiger partial charge in [0.05, 0.1) is 23.0 Å². The van der Waals surface area contributed by atoms with E-state index in [1.807, 2.05) is 0 Å². The Balaban J connectivity index is 3.60. The Morgan fingerprint density at radius 3 is 2.47 bits per heavy atom. The Morgan fingerprint density at radius 2 is 2.06 bits per heavy atom. The largest absolute Gasteiger partial charge is 0.496 e. The Hall–Kier alpha value is -0.750. The number of hydrogen-bond donors (Lipinski definition) is 0. The summed E-state index contributed by atoms with van der Waals surface area (Å²) in [5, 5.41) is -0.495. The monoisotopic (exact) mass is 330 g/mol. The number of carbonyl (C=O) groups is 1. The maximum atomic E-state index is 12.9. The summed E-state index contributed by atoms with van der Waals surface area (Å²) in [6.07, 6.45) is -4.70. The fraction of sp³-hybridized carbons (Fsp3) is 0.300. The molecule has 0 amide bonds. The van der Waals surface area contributed by atoms with E-state index in [-0.39, 0.29) is 10.4 Å². The summed E-state index contributed by atoms with van der Waals surface area (Å²) in [7, 11) is 1.10. The van der Waals surface area contributed by atoms with Crippen LogP contribution in [0.4, 0.5) is 13.2 Å². The number of hydrogen-bond acceptors (Lipinski definition) is 2. The summed E-state index contributed by atoms with van der Waals surface area (Å²) in [5.41, 5.74) is -1.72. The molecule has 0 N–H and O–H groups in total. The first-order valence-electron chi connectivity index (χ1n) is 4.35. The van der Waals surface area contributed by atoms with Gasteiger partial charge in [-0.15, -0.1) is 0 Å². The molecule has 94 valence electrons. The van der Waals surface area contributed by atoms with Gasteiger partial charge in [0.25, 0.3) is 0 Å². The van der Waals surface area contributed by atoms with E-state index < -0.39 is 28.8 Å². The van der Waals surface area contributed by atoms with Crippen LogP contribution in [0.3, 0.4) is 0 Å². The maximum Gasteiger partial charge on any atom is 0.420 e. The molecule has 1 aromatic rings. The highest BCUT2D eigenvalue weighted by Gasteiger charge is 2.39. The molecule has 0 bridgehead atoms. The van der Waals surface area contributed by atoms with Crippen LogP contribution in [0.2, 0.25) is 5.02 Å². The molecule has 7 heteroatoms. The Bertz CT molecular complexity index is 446. The minimum Gasteiger partial charge on any atom is -0.496 e. The molecule has 1 aromatic carbocycles. The lowest BCUT2D eigenvalue weighted by molar-refractivity contribution is -0.139. The third kappa shape index (κ3) is 2.93. The molecule has 2 nitrogen and oxygen atoms in total. The van der Waals surface area contributed by atoms with Crippen LogP contribution in [0.25, 0.3) is 0 Å². The van der Waals surface area contributed by atoms with Gasteiger partial charge in [0.15, 0.2) is 5.78 Å². The van der Waals surface area contributed by atoms with E-state index in [1.165, 1.54) is 6.07 Å². The first kappa shape index (κ1) is 14.3. The Labute approximate surface area is 109 Å².